The van der Waals surface area contributed by atoms with Crippen LogP contribution in [0.1, 0.15) is 12.8 Å². The molecule has 1 aliphatic rings. The van der Waals surface area contributed by atoms with Gasteiger partial charge in [-0.2, -0.15) is 0 Å². The number of alkyl halides is 1. The summed E-state index contributed by atoms with van der Waals surface area (Å²) in [5, 5.41) is 8.72. The summed E-state index contributed by atoms with van der Waals surface area (Å²) in [4.78, 5) is 10.7. The van der Waals surface area contributed by atoms with Crippen molar-refractivity contribution in [3.8, 4) is 0 Å². The Labute approximate surface area is 75.7 Å². The van der Waals surface area contributed by atoms with Crippen LogP contribution in [-0.4, -0.2) is 37.7 Å². The number of carboxylic acid groups (broad SMARTS) is 1. The molecule has 0 aromatic carbocycles. The van der Waals surface area contributed by atoms with E-state index in [0.29, 0.717) is 0 Å². The Morgan fingerprint density at radius 2 is 1.85 bits per heavy atom. The monoisotopic (exact) mass is 210 g/mol. The Bertz CT molecular complexity index is 294. The lowest BCUT2D eigenvalue weighted by atomic mass is 9.83. The van der Waals surface area contributed by atoms with Crippen LogP contribution in [0.2, 0.25) is 0 Å². The third-order valence-electron chi connectivity index (χ3n) is 2.49. The molecule has 76 valence electrons. The molecule has 1 aliphatic heterocycles. The van der Waals surface area contributed by atoms with Crippen LogP contribution in [0.4, 0.5) is 4.39 Å². The van der Waals surface area contributed by atoms with Crippen LogP contribution in [0.5, 0.6) is 0 Å². The average Bonchev–Trinajstić information content (AvgIpc) is 2.05. The second-order valence-corrected chi connectivity index (χ2v) is 5.67. The first-order valence-electron chi connectivity index (χ1n) is 3.92. The fourth-order valence-corrected chi connectivity index (χ4v) is 2.94. The van der Waals surface area contributed by atoms with E-state index in [9.17, 15) is 17.6 Å². The number of sulfone groups is 1. The summed E-state index contributed by atoms with van der Waals surface area (Å²) in [6.45, 7) is -0.988. The van der Waals surface area contributed by atoms with Gasteiger partial charge < -0.3 is 5.11 Å². The zero-order valence-corrected chi connectivity index (χ0v) is 7.81. The van der Waals surface area contributed by atoms with Gasteiger partial charge in [0.1, 0.15) is 16.5 Å². The van der Waals surface area contributed by atoms with Crippen LogP contribution >= 0.6 is 0 Å². The van der Waals surface area contributed by atoms with Crippen molar-refractivity contribution in [3.05, 3.63) is 0 Å². The molecule has 0 bridgehead atoms. The quantitative estimate of drug-likeness (QED) is 0.708. The van der Waals surface area contributed by atoms with E-state index in [1.807, 2.05) is 0 Å². The maximum absolute atomic E-state index is 12.5. The third-order valence-corrected chi connectivity index (χ3v) is 4.14. The average molecular weight is 210 g/mol. The summed E-state index contributed by atoms with van der Waals surface area (Å²) in [6.07, 6.45) is -0.220. The molecule has 0 aliphatic carbocycles. The number of hydrogen-bond donors (Lipinski definition) is 1. The standard InChI is InChI=1S/C7H11FO4S/c8-5-7(6(9)10)1-3-13(11,12)4-2-7/h1-5H2,(H,9,10). The van der Waals surface area contributed by atoms with Crippen LogP contribution in [0.3, 0.4) is 0 Å². The normalized spacial score (nSPS) is 25.3. The van der Waals surface area contributed by atoms with Crippen LogP contribution in [0, 0.1) is 5.41 Å². The molecule has 1 N–H and O–H groups in total. The van der Waals surface area contributed by atoms with E-state index in [1.54, 1.807) is 0 Å². The van der Waals surface area contributed by atoms with Crippen molar-refractivity contribution < 1.29 is 22.7 Å². The summed E-state index contributed by atoms with van der Waals surface area (Å²) < 4.78 is 34.4. The van der Waals surface area contributed by atoms with E-state index < -0.39 is 27.9 Å². The number of carboxylic acids is 1. The Kier molecular flexibility index (Phi) is 2.61. The van der Waals surface area contributed by atoms with Gasteiger partial charge in [-0.15, -0.1) is 0 Å². The molecule has 1 heterocycles. The first-order valence-corrected chi connectivity index (χ1v) is 5.74. The number of carbonyl (C=O) groups is 1. The molecule has 6 heteroatoms. The predicted octanol–water partition coefficient (Wildman–Crippen LogP) is 0.236. The molecular weight excluding hydrogens is 199 g/mol. The molecule has 1 saturated heterocycles. The fourth-order valence-electron chi connectivity index (χ4n) is 1.33. The van der Waals surface area contributed by atoms with Crippen molar-refractivity contribution in [1.29, 1.82) is 0 Å². The molecule has 0 unspecified atom stereocenters. The Balaban J connectivity index is 2.81. The molecule has 1 rings (SSSR count). The molecule has 0 saturated carbocycles. The van der Waals surface area contributed by atoms with Crippen molar-refractivity contribution in [2.45, 2.75) is 12.8 Å². The van der Waals surface area contributed by atoms with E-state index >= 15 is 0 Å². The topological polar surface area (TPSA) is 71.4 Å². The maximum atomic E-state index is 12.5. The van der Waals surface area contributed by atoms with E-state index in [-0.39, 0.29) is 24.3 Å². The van der Waals surface area contributed by atoms with Crippen LogP contribution in [0.15, 0.2) is 0 Å². The highest BCUT2D eigenvalue weighted by Crippen LogP contribution is 2.33. The molecule has 4 nitrogen and oxygen atoms in total. The van der Waals surface area contributed by atoms with E-state index in [1.165, 1.54) is 0 Å². The van der Waals surface area contributed by atoms with Crippen LogP contribution < -0.4 is 0 Å². The minimum atomic E-state index is -3.13. The molecule has 0 radical (unpaired) electrons. The molecule has 0 atom stereocenters. The highest BCUT2D eigenvalue weighted by atomic mass is 32.2. The minimum absolute atomic E-state index is 0.110. The Morgan fingerprint density at radius 3 is 2.15 bits per heavy atom. The molecule has 0 spiro atoms. The summed E-state index contributed by atoms with van der Waals surface area (Å²) in [5.41, 5.74) is -1.45. The maximum Gasteiger partial charge on any atom is 0.312 e. The predicted molar refractivity (Wildman–Crippen MR) is 43.9 cm³/mol. The van der Waals surface area contributed by atoms with Gasteiger partial charge in [0.15, 0.2) is 0 Å². The second kappa shape index (κ2) is 3.25. The van der Waals surface area contributed by atoms with Gasteiger partial charge in [0.25, 0.3) is 0 Å². The first kappa shape index (κ1) is 10.4. The largest absolute Gasteiger partial charge is 0.481 e. The molecule has 1 fully saturated rings. The highest BCUT2D eigenvalue weighted by Gasteiger charge is 2.43. The van der Waals surface area contributed by atoms with E-state index in [0.717, 1.165) is 0 Å². The van der Waals surface area contributed by atoms with Crippen LogP contribution in [-0.2, 0) is 14.6 Å². The van der Waals surface area contributed by atoms with Gasteiger partial charge in [-0.05, 0) is 12.8 Å². The fraction of sp³-hybridized carbons (Fsp3) is 0.857. The smallest absolute Gasteiger partial charge is 0.312 e. The van der Waals surface area contributed by atoms with Gasteiger partial charge in [0.2, 0.25) is 0 Å². The summed E-state index contributed by atoms with van der Waals surface area (Å²) in [5.74, 6) is -1.67. The molecule has 13 heavy (non-hydrogen) atoms. The van der Waals surface area contributed by atoms with Crippen molar-refractivity contribution in [3.63, 3.8) is 0 Å². The molecule has 0 aromatic heterocycles. The van der Waals surface area contributed by atoms with Gasteiger partial charge in [-0.25, -0.2) is 12.8 Å². The summed E-state index contributed by atoms with van der Waals surface area (Å²) >= 11 is 0. The Morgan fingerprint density at radius 1 is 1.38 bits per heavy atom. The lowest BCUT2D eigenvalue weighted by molar-refractivity contribution is -0.150. The van der Waals surface area contributed by atoms with E-state index in [4.69, 9.17) is 5.11 Å². The van der Waals surface area contributed by atoms with Crippen molar-refractivity contribution in [1.82, 2.24) is 0 Å². The number of hydrogen-bond acceptors (Lipinski definition) is 3. The summed E-state index contributed by atoms with van der Waals surface area (Å²) in [7, 11) is -3.13. The van der Waals surface area contributed by atoms with E-state index in [2.05, 4.69) is 0 Å². The van der Waals surface area contributed by atoms with Gasteiger partial charge in [-0.3, -0.25) is 4.79 Å². The van der Waals surface area contributed by atoms with Crippen molar-refractivity contribution in [2.24, 2.45) is 5.41 Å². The third kappa shape index (κ3) is 1.99. The summed E-state index contributed by atoms with van der Waals surface area (Å²) in [6, 6.07) is 0. The second-order valence-electron chi connectivity index (χ2n) is 3.37. The van der Waals surface area contributed by atoms with Crippen LogP contribution in [0.25, 0.3) is 0 Å². The van der Waals surface area contributed by atoms with Gasteiger partial charge in [0.05, 0.1) is 16.9 Å². The first-order chi connectivity index (χ1) is 5.92. The van der Waals surface area contributed by atoms with Crippen molar-refractivity contribution in [2.75, 3.05) is 18.2 Å². The van der Waals surface area contributed by atoms with Gasteiger partial charge in [0, 0.05) is 0 Å². The number of aliphatic carboxylic acids is 1. The number of halogens is 1. The van der Waals surface area contributed by atoms with Crippen molar-refractivity contribution >= 4 is 15.8 Å². The van der Waals surface area contributed by atoms with Gasteiger partial charge >= 0.3 is 5.97 Å². The zero-order valence-electron chi connectivity index (χ0n) is 6.99. The molecular formula is C7H11FO4S. The van der Waals surface area contributed by atoms with Gasteiger partial charge in [-0.1, -0.05) is 0 Å². The lowest BCUT2D eigenvalue weighted by Gasteiger charge is -2.29. The highest BCUT2D eigenvalue weighted by molar-refractivity contribution is 7.91. The molecule has 0 aromatic rings. The Hall–Kier alpha value is -0.650. The number of rotatable bonds is 2. The SMILES string of the molecule is O=C(O)C1(CF)CCS(=O)(=O)CC1. The lowest BCUT2D eigenvalue weighted by Crippen LogP contribution is -2.41. The zero-order chi connectivity index (χ0) is 10.1. The minimum Gasteiger partial charge on any atom is -0.481 e. The molecule has 0 amide bonds.